The zero-order valence-electron chi connectivity index (χ0n) is 19.8. The van der Waals surface area contributed by atoms with E-state index in [1.807, 2.05) is 0 Å². The molecular weight excluding hydrogens is 517 g/mol. The molecule has 0 aliphatic heterocycles. The highest BCUT2D eigenvalue weighted by Crippen LogP contribution is 2.41. The van der Waals surface area contributed by atoms with Crippen LogP contribution in [-0.2, 0) is 4.79 Å². The van der Waals surface area contributed by atoms with Crippen molar-refractivity contribution >= 4 is 17.5 Å². The third-order valence-electron chi connectivity index (χ3n) is 6.26. The molecule has 3 aromatic heterocycles. The molecule has 3 heterocycles. The van der Waals surface area contributed by atoms with Gasteiger partial charge in [0.1, 0.15) is 12.0 Å². The number of hydrogen-bond donors (Lipinski definition) is 3. The van der Waals surface area contributed by atoms with Crippen molar-refractivity contribution in [2.45, 2.75) is 62.9 Å². The molecule has 1 saturated carbocycles. The number of aliphatic hydroxyl groups is 1. The van der Waals surface area contributed by atoms with Gasteiger partial charge in [-0.1, -0.05) is 0 Å². The minimum absolute atomic E-state index is 0.0638. The summed E-state index contributed by atoms with van der Waals surface area (Å²) in [6, 6.07) is 2.01. The lowest BCUT2D eigenvalue weighted by Gasteiger charge is -2.33. The van der Waals surface area contributed by atoms with Crippen molar-refractivity contribution < 1.29 is 36.6 Å². The first kappa shape index (κ1) is 27.3. The minimum Gasteiger partial charge on any atom is -0.369 e. The lowest BCUT2D eigenvalue weighted by atomic mass is 9.81. The summed E-state index contributed by atoms with van der Waals surface area (Å²) in [5.41, 5.74) is 0.674. The number of hydrogen-bond acceptors (Lipinski definition) is 7. The normalized spacial score (nSPS) is 17.6. The molecule has 1 fully saturated rings. The van der Waals surface area contributed by atoms with Crippen LogP contribution in [0, 0.1) is 5.92 Å². The van der Waals surface area contributed by atoms with Crippen LogP contribution in [-0.4, -0.2) is 53.6 Å². The van der Waals surface area contributed by atoms with Crippen molar-refractivity contribution in [3.8, 4) is 0 Å². The van der Waals surface area contributed by atoms with E-state index in [4.69, 9.17) is 0 Å². The van der Waals surface area contributed by atoms with Crippen LogP contribution in [0.2, 0.25) is 0 Å². The van der Waals surface area contributed by atoms with Gasteiger partial charge in [-0.3, -0.25) is 9.59 Å². The number of aromatic nitrogens is 5. The zero-order valence-corrected chi connectivity index (χ0v) is 19.8. The molecule has 1 aliphatic rings. The Kier molecular flexibility index (Phi) is 7.85. The SMILES string of the molecule is O=C(CCC(F)(F)F)N[C@H](O)c1cnn2cc([C@@H](NC(=O)c3ccncn3)C3CCC(F)(F)CC3)nc2c1. The first-order valence-corrected chi connectivity index (χ1v) is 11.7. The van der Waals surface area contributed by atoms with Crippen LogP contribution in [0.15, 0.2) is 37.1 Å². The number of fused-ring (bicyclic) bond motifs is 1. The first-order valence-electron chi connectivity index (χ1n) is 11.7. The molecular formula is C23H24F5N7O3. The van der Waals surface area contributed by atoms with Gasteiger partial charge in [0.2, 0.25) is 11.8 Å². The second-order valence-electron chi connectivity index (χ2n) is 9.08. The number of aliphatic hydroxyl groups excluding tert-OH is 1. The lowest BCUT2D eigenvalue weighted by Crippen LogP contribution is -2.37. The Morgan fingerprint density at radius 3 is 2.61 bits per heavy atom. The highest BCUT2D eigenvalue weighted by molar-refractivity contribution is 5.92. The summed E-state index contributed by atoms with van der Waals surface area (Å²) >= 11 is 0. The quantitative estimate of drug-likeness (QED) is 0.294. The molecule has 15 heteroatoms. The van der Waals surface area contributed by atoms with Gasteiger partial charge in [-0.2, -0.15) is 18.3 Å². The van der Waals surface area contributed by atoms with Gasteiger partial charge in [-0.25, -0.2) is 28.2 Å². The zero-order chi connectivity index (χ0) is 27.5. The average Bonchev–Trinajstić information content (AvgIpc) is 3.29. The molecule has 3 aromatic rings. The molecule has 3 N–H and O–H groups in total. The van der Waals surface area contributed by atoms with Crippen LogP contribution >= 0.6 is 0 Å². The van der Waals surface area contributed by atoms with Gasteiger partial charge in [0.05, 0.1) is 30.6 Å². The fourth-order valence-corrected chi connectivity index (χ4v) is 4.24. The van der Waals surface area contributed by atoms with E-state index in [1.165, 1.54) is 41.6 Å². The summed E-state index contributed by atoms with van der Waals surface area (Å²) in [5.74, 6) is -4.69. The van der Waals surface area contributed by atoms with E-state index in [0.29, 0.717) is 5.69 Å². The molecule has 1 aliphatic carbocycles. The number of rotatable bonds is 8. The summed E-state index contributed by atoms with van der Waals surface area (Å²) in [4.78, 5) is 36.7. The summed E-state index contributed by atoms with van der Waals surface area (Å²) in [5, 5.41) is 19.3. The van der Waals surface area contributed by atoms with E-state index >= 15 is 0 Å². The van der Waals surface area contributed by atoms with Crippen LogP contribution in [0.25, 0.3) is 5.65 Å². The van der Waals surface area contributed by atoms with Gasteiger partial charge < -0.3 is 15.7 Å². The summed E-state index contributed by atoms with van der Waals surface area (Å²) in [6.07, 6.45) is -3.44. The van der Waals surface area contributed by atoms with E-state index < -0.39 is 49.0 Å². The molecule has 10 nitrogen and oxygen atoms in total. The maximum Gasteiger partial charge on any atom is 0.389 e. The lowest BCUT2D eigenvalue weighted by molar-refractivity contribution is -0.145. The number of imidazole rings is 1. The Morgan fingerprint density at radius 2 is 1.95 bits per heavy atom. The highest BCUT2D eigenvalue weighted by Gasteiger charge is 2.39. The Hall–Kier alpha value is -3.75. The molecule has 38 heavy (non-hydrogen) atoms. The monoisotopic (exact) mass is 541 g/mol. The minimum atomic E-state index is -4.51. The molecule has 0 bridgehead atoms. The molecule has 204 valence electrons. The molecule has 2 amide bonds. The number of amides is 2. The van der Waals surface area contributed by atoms with E-state index in [9.17, 15) is 36.6 Å². The molecule has 0 unspecified atom stereocenters. The van der Waals surface area contributed by atoms with E-state index in [2.05, 4.69) is 30.7 Å². The Bertz CT molecular complexity index is 1280. The van der Waals surface area contributed by atoms with E-state index in [-0.39, 0.29) is 48.5 Å². The van der Waals surface area contributed by atoms with Gasteiger partial charge in [0.25, 0.3) is 5.91 Å². The maximum atomic E-state index is 13.8. The standard InChI is InChI=1S/C23H24F5N7O3/c24-22(25)5-1-13(2-6-22)19(34-21(38)15-4-8-29-12-30-15)16-11-35-17(32-16)9-14(10-31-35)20(37)33-18(36)3-7-23(26,27)28/h4,8-13,19-20,37H,1-3,5-7H2,(H,33,36)(H,34,38)/t19-,20+/m0/s1. The smallest absolute Gasteiger partial charge is 0.369 e. The average molecular weight is 541 g/mol. The highest BCUT2D eigenvalue weighted by atomic mass is 19.4. The number of carbonyl (C=O) groups is 2. The Labute approximate surface area is 212 Å². The molecule has 0 aromatic carbocycles. The molecule has 0 radical (unpaired) electrons. The van der Waals surface area contributed by atoms with Crippen molar-refractivity contribution in [1.82, 2.24) is 35.2 Å². The van der Waals surface area contributed by atoms with Crippen LogP contribution in [0.4, 0.5) is 22.0 Å². The fraction of sp³-hybridized carbons (Fsp3) is 0.478. The van der Waals surface area contributed by atoms with Gasteiger partial charge >= 0.3 is 6.18 Å². The summed E-state index contributed by atoms with van der Waals surface area (Å²) < 4.78 is 66.0. The van der Waals surface area contributed by atoms with E-state index in [1.54, 1.807) is 0 Å². The molecule has 2 atom stereocenters. The van der Waals surface area contributed by atoms with Crippen molar-refractivity contribution in [2.24, 2.45) is 5.92 Å². The molecule has 0 spiro atoms. The number of nitrogens with one attached hydrogen (secondary N) is 2. The molecule has 4 rings (SSSR count). The third-order valence-corrected chi connectivity index (χ3v) is 6.26. The Morgan fingerprint density at radius 1 is 1.21 bits per heavy atom. The van der Waals surface area contributed by atoms with Gasteiger partial charge in [-0.15, -0.1) is 0 Å². The second kappa shape index (κ2) is 10.9. The largest absolute Gasteiger partial charge is 0.389 e. The predicted molar refractivity (Wildman–Crippen MR) is 121 cm³/mol. The number of carbonyl (C=O) groups excluding carboxylic acids is 2. The fourth-order valence-electron chi connectivity index (χ4n) is 4.24. The van der Waals surface area contributed by atoms with Crippen molar-refractivity contribution in [3.63, 3.8) is 0 Å². The number of halogens is 5. The Balaban J connectivity index is 1.54. The third kappa shape index (κ3) is 6.96. The van der Waals surface area contributed by atoms with Crippen molar-refractivity contribution in [2.75, 3.05) is 0 Å². The van der Waals surface area contributed by atoms with Crippen LogP contribution in [0.5, 0.6) is 0 Å². The summed E-state index contributed by atoms with van der Waals surface area (Å²) in [6.45, 7) is 0. The van der Waals surface area contributed by atoms with Crippen LogP contribution in [0.3, 0.4) is 0 Å². The van der Waals surface area contributed by atoms with Gasteiger partial charge in [0, 0.05) is 31.0 Å². The van der Waals surface area contributed by atoms with Crippen LogP contribution in [0.1, 0.15) is 72.5 Å². The number of nitrogens with zero attached hydrogens (tertiary/aromatic N) is 5. The maximum absolute atomic E-state index is 13.8. The van der Waals surface area contributed by atoms with Crippen LogP contribution < -0.4 is 10.6 Å². The summed E-state index contributed by atoms with van der Waals surface area (Å²) in [7, 11) is 0. The first-order chi connectivity index (χ1) is 17.9. The topological polar surface area (TPSA) is 134 Å². The second-order valence-corrected chi connectivity index (χ2v) is 9.08. The van der Waals surface area contributed by atoms with Gasteiger partial charge in [0.15, 0.2) is 11.9 Å². The predicted octanol–water partition coefficient (Wildman–Crippen LogP) is 3.27. The van der Waals surface area contributed by atoms with Crippen molar-refractivity contribution in [3.05, 3.63) is 54.0 Å². The van der Waals surface area contributed by atoms with Gasteiger partial charge in [-0.05, 0) is 30.9 Å². The van der Waals surface area contributed by atoms with E-state index in [0.717, 1.165) is 0 Å². The number of alkyl halides is 5. The molecule has 0 saturated heterocycles. The van der Waals surface area contributed by atoms with Crippen molar-refractivity contribution in [1.29, 1.82) is 0 Å².